The second kappa shape index (κ2) is 8.66. The molecule has 0 radical (unpaired) electrons. The molecule has 4 heteroatoms. The van der Waals surface area contributed by atoms with Crippen LogP contribution < -0.4 is 0 Å². The van der Waals surface area contributed by atoms with Crippen LogP contribution in [0.25, 0.3) is 0 Å². The van der Waals surface area contributed by atoms with Gasteiger partial charge in [-0.3, -0.25) is 0 Å². The molecule has 1 aliphatic rings. The van der Waals surface area contributed by atoms with Crippen molar-refractivity contribution in [2.24, 2.45) is 0 Å². The van der Waals surface area contributed by atoms with Gasteiger partial charge in [0.2, 0.25) is 0 Å². The van der Waals surface area contributed by atoms with Crippen LogP contribution in [0.3, 0.4) is 0 Å². The molecule has 0 saturated carbocycles. The zero-order valence-electron chi connectivity index (χ0n) is 11.4. The van der Waals surface area contributed by atoms with E-state index in [9.17, 15) is 15.0 Å². The molecular formula is C14H22O4. The van der Waals surface area contributed by atoms with Crippen LogP contribution in [0.2, 0.25) is 0 Å². The Kier molecular flexibility index (Phi) is 8.00. The van der Waals surface area contributed by atoms with Crippen molar-refractivity contribution < 1.29 is 19.7 Å². The van der Waals surface area contributed by atoms with Crippen molar-refractivity contribution in [3.8, 4) is 0 Å². The van der Waals surface area contributed by atoms with Crippen molar-refractivity contribution in [2.75, 3.05) is 7.11 Å². The minimum Gasteiger partial charge on any atom is -0.467 e. The van der Waals surface area contributed by atoms with E-state index in [1.54, 1.807) is 6.08 Å². The Bertz CT molecular complexity index is 353. The SMILES string of the molecule is CC.COC(=O)C(O)C(O)C1=C(C)C=CCC=C1. The van der Waals surface area contributed by atoms with Crippen molar-refractivity contribution in [3.05, 3.63) is 35.5 Å². The molecule has 18 heavy (non-hydrogen) atoms. The van der Waals surface area contributed by atoms with E-state index >= 15 is 0 Å². The van der Waals surface area contributed by atoms with Gasteiger partial charge in [0.15, 0.2) is 6.10 Å². The molecule has 1 aliphatic carbocycles. The van der Waals surface area contributed by atoms with Gasteiger partial charge in [0.25, 0.3) is 0 Å². The second-order valence-corrected chi connectivity index (χ2v) is 3.59. The van der Waals surface area contributed by atoms with E-state index in [0.29, 0.717) is 5.57 Å². The second-order valence-electron chi connectivity index (χ2n) is 3.59. The number of carbonyl (C=O) groups is 1. The molecule has 0 aromatic rings. The van der Waals surface area contributed by atoms with E-state index in [1.165, 1.54) is 7.11 Å². The normalized spacial score (nSPS) is 17.4. The summed E-state index contributed by atoms with van der Waals surface area (Å²) < 4.78 is 4.38. The first-order valence-corrected chi connectivity index (χ1v) is 6.05. The van der Waals surface area contributed by atoms with Crippen molar-refractivity contribution >= 4 is 5.97 Å². The molecule has 0 fully saturated rings. The molecule has 0 aromatic carbocycles. The van der Waals surface area contributed by atoms with E-state index in [2.05, 4.69) is 4.74 Å². The zero-order chi connectivity index (χ0) is 14.1. The molecule has 0 saturated heterocycles. The predicted octanol–water partition coefficient (Wildman–Crippen LogP) is 1.74. The number of hydrogen-bond acceptors (Lipinski definition) is 4. The molecule has 2 unspecified atom stereocenters. The molecule has 2 N–H and O–H groups in total. The maximum absolute atomic E-state index is 11.1. The van der Waals surface area contributed by atoms with Crippen LogP contribution in [0, 0.1) is 0 Å². The summed E-state index contributed by atoms with van der Waals surface area (Å²) in [4.78, 5) is 11.1. The minimum absolute atomic E-state index is 0.534. The van der Waals surface area contributed by atoms with Gasteiger partial charge in [0.1, 0.15) is 6.10 Å². The third-order valence-corrected chi connectivity index (χ3v) is 2.45. The van der Waals surface area contributed by atoms with Gasteiger partial charge in [-0.15, -0.1) is 0 Å². The van der Waals surface area contributed by atoms with Gasteiger partial charge in [0, 0.05) is 0 Å². The highest BCUT2D eigenvalue weighted by Crippen LogP contribution is 2.18. The van der Waals surface area contributed by atoms with E-state index in [4.69, 9.17) is 0 Å². The fourth-order valence-electron chi connectivity index (χ4n) is 1.50. The first-order chi connectivity index (χ1) is 8.57. The molecule has 4 nitrogen and oxygen atoms in total. The monoisotopic (exact) mass is 254 g/mol. The predicted molar refractivity (Wildman–Crippen MR) is 71.0 cm³/mol. The van der Waals surface area contributed by atoms with Crippen LogP contribution in [0.4, 0.5) is 0 Å². The number of methoxy groups -OCH3 is 1. The Hall–Kier alpha value is -1.39. The van der Waals surface area contributed by atoms with E-state index < -0.39 is 18.2 Å². The summed E-state index contributed by atoms with van der Waals surface area (Å²) in [5.74, 6) is -0.838. The number of aliphatic hydroxyl groups is 2. The maximum Gasteiger partial charge on any atom is 0.337 e. The molecular weight excluding hydrogens is 232 g/mol. The lowest BCUT2D eigenvalue weighted by atomic mass is 9.99. The highest BCUT2D eigenvalue weighted by Gasteiger charge is 2.27. The topological polar surface area (TPSA) is 66.8 Å². The Labute approximate surface area is 108 Å². The number of esters is 1. The average molecular weight is 254 g/mol. The number of ether oxygens (including phenoxy) is 1. The Morgan fingerprint density at radius 2 is 1.83 bits per heavy atom. The summed E-state index contributed by atoms with van der Waals surface area (Å²) in [5, 5.41) is 19.4. The summed E-state index contributed by atoms with van der Waals surface area (Å²) in [7, 11) is 1.17. The van der Waals surface area contributed by atoms with Crippen LogP contribution in [0.5, 0.6) is 0 Å². The first kappa shape index (κ1) is 16.6. The van der Waals surface area contributed by atoms with E-state index in [1.807, 2.05) is 39.0 Å². The number of rotatable bonds is 3. The molecule has 102 valence electrons. The minimum atomic E-state index is -1.55. The fourth-order valence-corrected chi connectivity index (χ4v) is 1.50. The van der Waals surface area contributed by atoms with Gasteiger partial charge in [-0.05, 0) is 24.5 Å². The first-order valence-electron chi connectivity index (χ1n) is 6.05. The summed E-state index contributed by atoms with van der Waals surface area (Å²) in [6.45, 7) is 5.81. The molecule has 0 heterocycles. The Morgan fingerprint density at radius 1 is 1.28 bits per heavy atom. The van der Waals surface area contributed by atoms with Gasteiger partial charge < -0.3 is 14.9 Å². The fraction of sp³-hybridized carbons (Fsp3) is 0.500. The smallest absolute Gasteiger partial charge is 0.337 e. The molecule has 0 bridgehead atoms. The van der Waals surface area contributed by atoms with Crippen LogP contribution in [-0.2, 0) is 9.53 Å². The third kappa shape index (κ3) is 4.47. The Morgan fingerprint density at radius 3 is 2.39 bits per heavy atom. The van der Waals surface area contributed by atoms with Gasteiger partial charge >= 0.3 is 5.97 Å². The number of carbonyl (C=O) groups excluding carboxylic acids is 1. The van der Waals surface area contributed by atoms with Crippen molar-refractivity contribution in [1.82, 2.24) is 0 Å². The lowest BCUT2D eigenvalue weighted by Crippen LogP contribution is -2.36. The van der Waals surface area contributed by atoms with Gasteiger partial charge in [-0.2, -0.15) is 0 Å². The van der Waals surface area contributed by atoms with E-state index in [0.717, 1.165) is 12.0 Å². The summed E-state index contributed by atoms with van der Waals surface area (Å²) >= 11 is 0. The van der Waals surface area contributed by atoms with Crippen LogP contribution in [0.15, 0.2) is 35.5 Å². The third-order valence-electron chi connectivity index (χ3n) is 2.45. The molecule has 0 amide bonds. The molecule has 0 spiro atoms. The van der Waals surface area contributed by atoms with Crippen LogP contribution in [0.1, 0.15) is 27.2 Å². The largest absolute Gasteiger partial charge is 0.467 e. The molecule has 2 atom stereocenters. The van der Waals surface area contributed by atoms with Crippen LogP contribution >= 0.6 is 0 Å². The average Bonchev–Trinajstić information content (AvgIpc) is 2.63. The van der Waals surface area contributed by atoms with Gasteiger partial charge in [-0.1, -0.05) is 38.2 Å². The molecule has 1 rings (SSSR count). The molecule has 0 aromatic heterocycles. The van der Waals surface area contributed by atoms with Gasteiger partial charge in [0.05, 0.1) is 7.11 Å². The van der Waals surface area contributed by atoms with Crippen LogP contribution in [-0.4, -0.2) is 35.5 Å². The maximum atomic E-state index is 11.1. The quantitative estimate of drug-likeness (QED) is 0.753. The zero-order valence-corrected chi connectivity index (χ0v) is 11.4. The van der Waals surface area contributed by atoms with Gasteiger partial charge in [-0.25, -0.2) is 4.79 Å². The van der Waals surface area contributed by atoms with Crippen molar-refractivity contribution in [1.29, 1.82) is 0 Å². The van der Waals surface area contributed by atoms with Crippen molar-refractivity contribution in [2.45, 2.75) is 39.4 Å². The number of allylic oxidation sites excluding steroid dienone is 4. The summed E-state index contributed by atoms with van der Waals surface area (Å²) in [5.41, 5.74) is 1.36. The van der Waals surface area contributed by atoms with Crippen molar-refractivity contribution in [3.63, 3.8) is 0 Å². The lowest BCUT2D eigenvalue weighted by molar-refractivity contribution is -0.155. The molecule has 0 aliphatic heterocycles. The standard InChI is InChI=1S/C12H16O4.C2H6/c1-8-6-4-3-5-7-9(8)10(13)11(14)12(15)16-2;1-2/h4-7,10-11,13-14H,3H2,1-2H3;1-2H3. The number of aliphatic hydroxyl groups excluding tert-OH is 2. The summed E-state index contributed by atoms with van der Waals surface area (Å²) in [6, 6.07) is 0. The number of hydrogen-bond donors (Lipinski definition) is 2. The van der Waals surface area contributed by atoms with E-state index in [-0.39, 0.29) is 0 Å². The highest BCUT2D eigenvalue weighted by atomic mass is 16.5. The Balaban J connectivity index is 0.00000137. The summed E-state index contributed by atoms with van der Waals surface area (Å²) in [6.07, 6.45) is 5.32. The lowest BCUT2D eigenvalue weighted by Gasteiger charge is -2.18. The highest BCUT2D eigenvalue weighted by molar-refractivity contribution is 5.75.